The van der Waals surface area contributed by atoms with Crippen LogP contribution >= 0.6 is 11.3 Å². The van der Waals surface area contributed by atoms with Gasteiger partial charge in [-0.2, -0.15) is 0 Å². The minimum atomic E-state index is 1.09. The first-order valence-corrected chi connectivity index (χ1v) is 21.0. The number of nitrogens with zero attached hydrogens (tertiary/aromatic N) is 1. The van der Waals surface area contributed by atoms with E-state index in [9.17, 15) is 0 Å². The van der Waals surface area contributed by atoms with Crippen LogP contribution in [-0.2, 0) is 0 Å². The lowest BCUT2D eigenvalue weighted by atomic mass is 9.90. The fourth-order valence-corrected chi connectivity index (χ4v) is 9.41. The molecular formula is C57H41NS. The summed E-state index contributed by atoms with van der Waals surface area (Å²) in [5, 5.41) is 5.03. The molecule has 0 spiro atoms. The van der Waals surface area contributed by atoms with Gasteiger partial charge in [0.05, 0.1) is 5.69 Å². The molecule has 10 aromatic rings. The van der Waals surface area contributed by atoms with Crippen LogP contribution in [0.4, 0.5) is 11.4 Å². The highest BCUT2D eigenvalue weighted by molar-refractivity contribution is 7.25. The van der Waals surface area contributed by atoms with E-state index in [1.807, 2.05) is 11.3 Å². The van der Waals surface area contributed by atoms with Gasteiger partial charge < -0.3 is 4.90 Å². The third-order valence-electron chi connectivity index (χ3n) is 11.3. The molecule has 0 fully saturated rings. The largest absolute Gasteiger partial charge is 0.317 e. The van der Waals surface area contributed by atoms with Crippen molar-refractivity contribution < 1.29 is 0 Å². The van der Waals surface area contributed by atoms with Gasteiger partial charge in [-0.25, -0.2) is 0 Å². The van der Waals surface area contributed by atoms with Crippen LogP contribution in [0, 0.1) is 6.92 Å². The van der Waals surface area contributed by atoms with Crippen LogP contribution in [0.25, 0.3) is 69.9 Å². The average molecular weight is 772 g/mol. The summed E-state index contributed by atoms with van der Waals surface area (Å²) in [5.41, 5.74) is 14.3. The van der Waals surface area contributed by atoms with E-state index in [2.05, 4.69) is 242 Å². The molecule has 0 aliphatic carbocycles. The number of anilines is 2. The lowest BCUT2D eigenvalue weighted by molar-refractivity contribution is 1.30. The molecule has 0 radical (unpaired) electrons. The molecule has 9 aromatic carbocycles. The predicted octanol–water partition coefficient (Wildman–Crippen LogP) is 16.3. The van der Waals surface area contributed by atoms with E-state index in [-0.39, 0.29) is 0 Å². The van der Waals surface area contributed by atoms with Gasteiger partial charge in [0.15, 0.2) is 0 Å². The van der Waals surface area contributed by atoms with Crippen molar-refractivity contribution in [3.8, 4) is 33.4 Å². The Hall–Kier alpha value is -7.26. The van der Waals surface area contributed by atoms with Crippen molar-refractivity contribution in [2.45, 2.75) is 6.92 Å². The summed E-state index contributed by atoms with van der Waals surface area (Å²) in [4.78, 5) is 2.31. The summed E-state index contributed by atoms with van der Waals surface area (Å²) in [7, 11) is 0. The third-order valence-corrected chi connectivity index (χ3v) is 12.5. The molecule has 0 aliphatic rings. The summed E-state index contributed by atoms with van der Waals surface area (Å²) in [6.07, 6.45) is 6.64. The molecule has 0 N–H and O–H groups in total. The standard InChI is InChI=1S/C57H41NS/c1-40-16-8-10-23-48(40)49(42-17-4-2-5-18-42)26-15-37-58(55-27-14-22-44-21-9-11-24-51(44)55)47-33-29-41(30-34-47)45-31-35-50(43-19-6-3-7-20-43)53(38-45)46-32-36-57-54(39-46)52-25-12-13-28-56(52)59-57/h2-39H,1H3/b37-15+,49-26-. The van der Waals surface area contributed by atoms with Gasteiger partial charge in [-0.1, -0.05) is 176 Å². The summed E-state index contributed by atoms with van der Waals surface area (Å²) in [5.74, 6) is 0. The fraction of sp³-hybridized carbons (Fsp3) is 0.0175. The van der Waals surface area contributed by atoms with Crippen LogP contribution in [0.15, 0.2) is 231 Å². The van der Waals surface area contributed by atoms with Crippen LogP contribution in [0.3, 0.4) is 0 Å². The van der Waals surface area contributed by atoms with E-state index in [0.29, 0.717) is 0 Å². The zero-order chi connectivity index (χ0) is 39.5. The van der Waals surface area contributed by atoms with Gasteiger partial charge in [0.25, 0.3) is 0 Å². The minimum absolute atomic E-state index is 1.09. The number of hydrogen-bond acceptors (Lipinski definition) is 2. The highest BCUT2D eigenvalue weighted by Crippen LogP contribution is 2.41. The van der Waals surface area contributed by atoms with Gasteiger partial charge in [-0.15, -0.1) is 11.3 Å². The predicted molar refractivity (Wildman–Crippen MR) is 256 cm³/mol. The van der Waals surface area contributed by atoms with E-state index in [0.717, 1.165) is 11.4 Å². The number of benzene rings is 9. The van der Waals surface area contributed by atoms with Crippen molar-refractivity contribution in [1.82, 2.24) is 0 Å². The van der Waals surface area contributed by atoms with Crippen molar-refractivity contribution in [3.05, 3.63) is 247 Å². The van der Waals surface area contributed by atoms with E-state index >= 15 is 0 Å². The van der Waals surface area contributed by atoms with Crippen molar-refractivity contribution in [2.75, 3.05) is 4.90 Å². The van der Waals surface area contributed by atoms with Gasteiger partial charge >= 0.3 is 0 Å². The first-order chi connectivity index (χ1) is 29.2. The van der Waals surface area contributed by atoms with Crippen molar-refractivity contribution >= 4 is 59.2 Å². The minimum Gasteiger partial charge on any atom is -0.317 e. The topological polar surface area (TPSA) is 3.24 Å². The van der Waals surface area contributed by atoms with Crippen LogP contribution in [0.1, 0.15) is 16.7 Å². The highest BCUT2D eigenvalue weighted by atomic mass is 32.1. The zero-order valence-corrected chi connectivity index (χ0v) is 33.6. The monoisotopic (exact) mass is 771 g/mol. The Bertz CT molecular complexity index is 3150. The molecule has 0 amide bonds. The van der Waals surface area contributed by atoms with Crippen molar-refractivity contribution in [2.24, 2.45) is 0 Å². The Morgan fingerprint density at radius 1 is 0.458 bits per heavy atom. The maximum Gasteiger partial charge on any atom is 0.0533 e. The molecule has 10 rings (SSSR count). The van der Waals surface area contributed by atoms with E-state index < -0.39 is 0 Å². The second-order valence-electron chi connectivity index (χ2n) is 15.0. The second kappa shape index (κ2) is 15.9. The van der Waals surface area contributed by atoms with Crippen molar-refractivity contribution in [3.63, 3.8) is 0 Å². The quantitative estimate of drug-likeness (QED) is 0.132. The molecule has 0 bridgehead atoms. The number of rotatable bonds is 9. The number of aryl methyl sites for hydroxylation is 1. The molecule has 59 heavy (non-hydrogen) atoms. The lowest BCUT2D eigenvalue weighted by Gasteiger charge is -2.23. The lowest BCUT2D eigenvalue weighted by Crippen LogP contribution is -2.08. The first kappa shape index (κ1) is 36.1. The third kappa shape index (κ3) is 7.16. The summed E-state index contributed by atoms with van der Waals surface area (Å²) in [6.45, 7) is 2.18. The molecule has 1 nitrogen and oxygen atoms in total. The maximum atomic E-state index is 2.38. The molecule has 1 heterocycles. The molecular weight excluding hydrogens is 731 g/mol. The van der Waals surface area contributed by atoms with E-state index in [1.165, 1.54) is 86.6 Å². The summed E-state index contributed by atoms with van der Waals surface area (Å²) >= 11 is 1.86. The Morgan fingerprint density at radius 2 is 1.12 bits per heavy atom. The van der Waals surface area contributed by atoms with Crippen LogP contribution < -0.4 is 4.90 Å². The van der Waals surface area contributed by atoms with Gasteiger partial charge in [-0.05, 0) is 116 Å². The number of fused-ring (bicyclic) bond motifs is 4. The maximum absolute atomic E-state index is 2.38. The SMILES string of the molecule is Cc1ccccc1/C(=C\C=C\N(c1ccc(-c2ccc(-c3ccccc3)c(-c3ccc4sc5ccccc5c4c3)c2)cc1)c1cccc2ccccc12)c1ccccc1. The second-order valence-corrected chi connectivity index (χ2v) is 16.0. The van der Waals surface area contributed by atoms with Gasteiger partial charge in [0.1, 0.15) is 0 Å². The molecule has 0 atom stereocenters. The molecule has 0 saturated carbocycles. The smallest absolute Gasteiger partial charge is 0.0533 e. The molecule has 1 aromatic heterocycles. The average Bonchev–Trinajstić information content (AvgIpc) is 3.68. The number of thiophene rings is 1. The summed E-state index contributed by atoms with van der Waals surface area (Å²) < 4.78 is 2.64. The van der Waals surface area contributed by atoms with Crippen LogP contribution in [-0.4, -0.2) is 0 Å². The zero-order valence-electron chi connectivity index (χ0n) is 32.8. The Labute approximate surface area is 350 Å². The summed E-state index contributed by atoms with van der Waals surface area (Å²) in [6, 6.07) is 76.9. The molecule has 280 valence electrons. The van der Waals surface area contributed by atoms with Gasteiger partial charge in [0, 0.05) is 37.4 Å². The Kier molecular flexibility index (Phi) is 9.76. The molecule has 0 unspecified atom stereocenters. The Balaban J connectivity index is 1.06. The van der Waals surface area contributed by atoms with Crippen LogP contribution in [0.2, 0.25) is 0 Å². The van der Waals surface area contributed by atoms with Crippen molar-refractivity contribution in [1.29, 1.82) is 0 Å². The fourth-order valence-electron chi connectivity index (χ4n) is 8.32. The van der Waals surface area contributed by atoms with Gasteiger partial charge in [-0.3, -0.25) is 0 Å². The van der Waals surface area contributed by atoms with Crippen LogP contribution in [0.5, 0.6) is 0 Å². The molecule has 0 aliphatic heterocycles. The first-order valence-electron chi connectivity index (χ1n) is 20.2. The normalized spacial score (nSPS) is 11.8. The molecule has 2 heteroatoms. The van der Waals surface area contributed by atoms with Gasteiger partial charge in [0.2, 0.25) is 0 Å². The number of allylic oxidation sites excluding steroid dienone is 2. The molecule has 0 saturated heterocycles. The Morgan fingerprint density at radius 3 is 1.95 bits per heavy atom. The van der Waals surface area contributed by atoms with E-state index in [4.69, 9.17) is 0 Å². The van der Waals surface area contributed by atoms with E-state index in [1.54, 1.807) is 0 Å². The highest BCUT2D eigenvalue weighted by Gasteiger charge is 2.15. The number of hydrogen-bond donors (Lipinski definition) is 0.